The number of benzene rings is 1. The fourth-order valence-electron chi connectivity index (χ4n) is 3.11. The van der Waals surface area contributed by atoms with E-state index in [0.29, 0.717) is 0 Å². The average Bonchev–Trinajstić information content (AvgIpc) is 3.06. The molecule has 2 aliphatic rings. The van der Waals surface area contributed by atoms with Gasteiger partial charge in [-0.2, -0.15) is 0 Å². The number of hydrogen-bond donors (Lipinski definition) is 2. The molecule has 1 saturated heterocycles. The highest BCUT2D eigenvalue weighted by Crippen LogP contribution is 2.58. The van der Waals surface area contributed by atoms with E-state index in [1.165, 1.54) is 4.57 Å². The Morgan fingerprint density at radius 3 is 2.05 bits per heavy atom. The van der Waals surface area contributed by atoms with Crippen LogP contribution in [0.4, 0.5) is 0 Å². The maximum Gasteiger partial charge on any atom is 0.205 e. The van der Waals surface area contributed by atoms with E-state index < -0.39 is 0 Å². The number of hydrogen-bond acceptors (Lipinski definition) is 3. The molecule has 2 atom stereocenters. The fraction of sp³-hybridized carbons (Fsp3) is 0.286. The van der Waals surface area contributed by atoms with Crippen molar-refractivity contribution in [3.8, 4) is 17.4 Å². The highest BCUT2D eigenvalue weighted by Gasteiger charge is 2.45. The normalized spacial score (nSPS) is 23.8. The molecule has 0 spiro atoms. The van der Waals surface area contributed by atoms with Gasteiger partial charge < -0.3 is 14.9 Å². The molecule has 98 valence electrons. The van der Waals surface area contributed by atoms with E-state index in [-0.39, 0.29) is 24.0 Å². The van der Waals surface area contributed by atoms with Gasteiger partial charge in [-0.3, -0.25) is 4.57 Å². The second-order valence-electron chi connectivity index (χ2n) is 4.98. The van der Waals surface area contributed by atoms with Gasteiger partial charge in [0.2, 0.25) is 11.8 Å². The van der Waals surface area contributed by atoms with Crippen LogP contribution in [0.2, 0.25) is 0 Å². The highest BCUT2D eigenvalue weighted by atomic mass is 79.9. The molecule has 3 heterocycles. The Bertz CT molecular complexity index is 629. The Kier molecular flexibility index (Phi) is 2.26. The Labute approximate surface area is 118 Å². The van der Waals surface area contributed by atoms with Gasteiger partial charge in [0, 0.05) is 4.47 Å². The quantitative estimate of drug-likeness (QED) is 0.844. The van der Waals surface area contributed by atoms with Crippen LogP contribution in [0.1, 0.15) is 36.2 Å². The summed E-state index contributed by atoms with van der Waals surface area (Å²) in [7, 11) is 0. The van der Waals surface area contributed by atoms with Gasteiger partial charge in [0.15, 0.2) is 0 Å². The van der Waals surface area contributed by atoms with Crippen molar-refractivity contribution in [3.05, 3.63) is 39.9 Å². The second kappa shape index (κ2) is 3.77. The molecule has 4 nitrogen and oxygen atoms in total. The van der Waals surface area contributed by atoms with Crippen molar-refractivity contribution >= 4 is 15.9 Å². The molecular weight excluding hydrogens is 310 g/mol. The molecular formula is C14H12BrNO3. The van der Waals surface area contributed by atoms with Crippen LogP contribution >= 0.6 is 15.9 Å². The number of nitrogens with zero attached hydrogens (tertiary/aromatic N) is 1. The molecule has 19 heavy (non-hydrogen) atoms. The predicted molar refractivity (Wildman–Crippen MR) is 72.6 cm³/mol. The standard InChI is InChI=1S/C14H12BrNO3/c15-7-1-3-8(4-2-7)16-13(17)11-9-5-6-10(19-9)12(11)14(16)18/h1-4,9-10,17-18H,5-6H2/t9-,10+. The third-order valence-electron chi connectivity index (χ3n) is 3.94. The molecule has 2 N–H and O–H groups in total. The number of rotatable bonds is 1. The van der Waals surface area contributed by atoms with Crippen LogP contribution in [-0.4, -0.2) is 14.8 Å². The summed E-state index contributed by atoms with van der Waals surface area (Å²) in [6.07, 6.45) is 1.69. The van der Waals surface area contributed by atoms with E-state index in [1.54, 1.807) is 0 Å². The molecule has 0 unspecified atom stereocenters. The van der Waals surface area contributed by atoms with Crippen molar-refractivity contribution in [3.63, 3.8) is 0 Å². The zero-order valence-electron chi connectivity index (χ0n) is 10.0. The van der Waals surface area contributed by atoms with E-state index in [9.17, 15) is 10.2 Å². The molecule has 1 aromatic heterocycles. The minimum Gasteiger partial charge on any atom is -0.494 e. The average molecular weight is 322 g/mol. The van der Waals surface area contributed by atoms with Crippen molar-refractivity contribution in [2.24, 2.45) is 0 Å². The van der Waals surface area contributed by atoms with E-state index in [4.69, 9.17) is 4.74 Å². The summed E-state index contributed by atoms with van der Waals surface area (Å²) in [6, 6.07) is 7.46. The fourth-order valence-corrected chi connectivity index (χ4v) is 3.38. The SMILES string of the molecule is Oc1c2c(c(O)n1-c1ccc(Br)cc1)[C@H]1CC[C@@H]2O1. The first-order valence-electron chi connectivity index (χ1n) is 6.24. The Morgan fingerprint density at radius 1 is 1.00 bits per heavy atom. The number of ether oxygens (including phenoxy) is 1. The lowest BCUT2D eigenvalue weighted by atomic mass is 9.95. The van der Waals surface area contributed by atoms with Crippen LogP contribution in [-0.2, 0) is 4.74 Å². The van der Waals surface area contributed by atoms with Crippen molar-refractivity contribution in [2.75, 3.05) is 0 Å². The van der Waals surface area contributed by atoms with Crippen molar-refractivity contribution in [1.29, 1.82) is 0 Å². The maximum absolute atomic E-state index is 10.4. The molecule has 1 fully saturated rings. The molecule has 0 amide bonds. The van der Waals surface area contributed by atoms with Crippen LogP contribution in [0.5, 0.6) is 11.8 Å². The summed E-state index contributed by atoms with van der Waals surface area (Å²) in [5, 5.41) is 20.8. The van der Waals surface area contributed by atoms with Crippen molar-refractivity contribution in [2.45, 2.75) is 25.0 Å². The van der Waals surface area contributed by atoms with Crippen LogP contribution < -0.4 is 0 Å². The minimum atomic E-state index is -0.0670. The first-order chi connectivity index (χ1) is 9.16. The molecule has 4 rings (SSSR count). The smallest absolute Gasteiger partial charge is 0.205 e. The van der Waals surface area contributed by atoms with Gasteiger partial charge in [-0.15, -0.1) is 0 Å². The Hall–Kier alpha value is -1.46. The monoisotopic (exact) mass is 321 g/mol. The summed E-state index contributed by atoms with van der Waals surface area (Å²) >= 11 is 3.37. The predicted octanol–water partition coefficient (Wildman–Crippen LogP) is 3.56. The van der Waals surface area contributed by atoms with Crippen LogP contribution in [0.3, 0.4) is 0 Å². The number of fused-ring (bicyclic) bond motifs is 5. The van der Waals surface area contributed by atoms with Crippen LogP contribution in [0.25, 0.3) is 5.69 Å². The summed E-state index contributed by atoms with van der Waals surface area (Å²) in [5.41, 5.74) is 2.26. The lowest BCUT2D eigenvalue weighted by molar-refractivity contribution is 0.0683. The lowest BCUT2D eigenvalue weighted by Gasteiger charge is -2.10. The summed E-state index contributed by atoms with van der Waals surface area (Å²) in [4.78, 5) is 0. The number of aromatic nitrogens is 1. The van der Waals surface area contributed by atoms with E-state index in [2.05, 4.69) is 15.9 Å². The van der Waals surface area contributed by atoms with Gasteiger partial charge in [-0.25, -0.2) is 0 Å². The van der Waals surface area contributed by atoms with Gasteiger partial charge in [-0.05, 0) is 37.1 Å². The summed E-state index contributed by atoms with van der Waals surface area (Å²) < 4.78 is 8.16. The van der Waals surface area contributed by atoms with E-state index in [0.717, 1.165) is 34.1 Å². The zero-order valence-corrected chi connectivity index (χ0v) is 11.6. The third-order valence-corrected chi connectivity index (χ3v) is 4.47. The molecule has 1 aromatic carbocycles. The van der Waals surface area contributed by atoms with Crippen LogP contribution in [0, 0.1) is 0 Å². The topological polar surface area (TPSA) is 54.6 Å². The first-order valence-corrected chi connectivity index (χ1v) is 7.04. The summed E-state index contributed by atoms with van der Waals surface area (Å²) in [5.74, 6) is 0.198. The number of aromatic hydroxyl groups is 2. The van der Waals surface area contributed by atoms with Gasteiger partial charge in [-0.1, -0.05) is 15.9 Å². The lowest BCUT2D eigenvalue weighted by Crippen LogP contribution is -1.95. The molecule has 0 radical (unpaired) electrons. The van der Waals surface area contributed by atoms with E-state index in [1.807, 2.05) is 24.3 Å². The molecule has 2 bridgehead atoms. The van der Waals surface area contributed by atoms with Crippen molar-refractivity contribution < 1.29 is 14.9 Å². The van der Waals surface area contributed by atoms with Gasteiger partial charge >= 0.3 is 0 Å². The minimum absolute atomic E-state index is 0.0670. The Morgan fingerprint density at radius 2 is 1.53 bits per heavy atom. The highest BCUT2D eigenvalue weighted by molar-refractivity contribution is 9.10. The third kappa shape index (κ3) is 1.42. The first kappa shape index (κ1) is 11.4. The molecule has 0 saturated carbocycles. The zero-order chi connectivity index (χ0) is 13.1. The van der Waals surface area contributed by atoms with Crippen molar-refractivity contribution in [1.82, 2.24) is 4.57 Å². The molecule has 0 aliphatic carbocycles. The second-order valence-corrected chi connectivity index (χ2v) is 5.89. The van der Waals surface area contributed by atoms with Gasteiger partial charge in [0.25, 0.3) is 0 Å². The molecule has 2 aromatic rings. The summed E-state index contributed by atoms with van der Waals surface area (Å²) in [6.45, 7) is 0. The van der Waals surface area contributed by atoms with Gasteiger partial charge in [0.1, 0.15) is 0 Å². The van der Waals surface area contributed by atoms with Crippen LogP contribution in [0.15, 0.2) is 28.7 Å². The number of halogens is 1. The largest absolute Gasteiger partial charge is 0.494 e. The maximum atomic E-state index is 10.4. The van der Waals surface area contributed by atoms with Gasteiger partial charge in [0.05, 0.1) is 29.0 Å². The van der Waals surface area contributed by atoms with E-state index >= 15 is 0 Å². The molecule has 5 heteroatoms. The Balaban J connectivity index is 1.93. The molecule has 2 aliphatic heterocycles.